The Hall–Kier alpha value is -1.52. The summed E-state index contributed by atoms with van der Waals surface area (Å²) in [5.41, 5.74) is 7.62. The highest BCUT2D eigenvalue weighted by Gasteiger charge is 2.32. The van der Waals surface area contributed by atoms with Gasteiger partial charge in [0.1, 0.15) is 0 Å². The monoisotopic (exact) mass is 292 g/mol. The average Bonchev–Trinajstić information content (AvgIpc) is 2.64. The number of aromatic nitrogens is 2. The van der Waals surface area contributed by atoms with Crippen molar-refractivity contribution in [3.8, 4) is 0 Å². The summed E-state index contributed by atoms with van der Waals surface area (Å²) in [4.78, 5) is 12.4. The van der Waals surface area contributed by atoms with Crippen molar-refractivity contribution >= 4 is 17.4 Å². The number of anilines is 2. The lowest BCUT2D eigenvalue weighted by Gasteiger charge is -2.36. The Balaban J connectivity index is 1.97. The number of rotatable bonds is 2. The predicted molar refractivity (Wildman–Crippen MR) is 85.9 cm³/mol. The van der Waals surface area contributed by atoms with Crippen LogP contribution in [0.4, 0.5) is 11.5 Å². The topological polar surface area (TPSA) is 72.9 Å². The van der Waals surface area contributed by atoms with E-state index in [1.807, 2.05) is 6.92 Å². The molecule has 0 spiro atoms. The van der Waals surface area contributed by atoms with E-state index < -0.39 is 0 Å². The normalized spacial score (nSPS) is 23.1. The van der Waals surface area contributed by atoms with Gasteiger partial charge < -0.3 is 11.1 Å². The van der Waals surface area contributed by atoms with Gasteiger partial charge >= 0.3 is 0 Å². The molecule has 1 aliphatic rings. The van der Waals surface area contributed by atoms with Gasteiger partial charge in [-0.1, -0.05) is 20.8 Å². The van der Waals surface area contributed by atoms with Crippen molar-refractivity contribution in [1.82, 2.24) is 9.78 Å². The fourth-order valence-electron chi connectivity index (χ4n) is 3.26. The first-order valence-electron chi connectivity index (χ1n) is 7.80. The molecule has 5 nitrogen and oxygen atoms in total. The van der Waals surface area contributed by atoms with Crippen molar-refractivity contribution in [2.75, 3.05) is 11.1 Å². The Morgan fingerprint density at radius 3 is 2.29 bits per heavy atom. The summed E-state index contributed by atoms with van der Waals surface area (Å²) in [7, 11) is 1.80. The van der Waals surface area contributed by atoms with Gasteiger partial charge in [0.2, 0.25) is 5.91 Å². The molecule has 0 aromatic carbocycles. The molecule has 1 aromatic rings. The van der Waals surface area contributed by atoms with Crippen LogP contribution >= 0.6 is 0 Å². The molecule has 0 aliphatic heterocycles. The van der Waals surface area contributed by atoms with E-state index >= 15 is 0 Å². The summed E-state index contributed by atoms with van der Waals surface area (Å²) in [5, 5.41) is 7.19. The number of aryl methyl sites for hydroxylation is 2. The van der Waals surface area contributed by atoms with Crippen LogP contribution < -0.4 is 11.1 Å². The smallest absolute Gasteiger partial charge is 0.228 e. The summed E-state index contributed by atoms with van der Waals surface area (Å²) in [6.45, 7) is 8.71. The van der Waals surface area contributed by atoms with E-state index in [0.29, 0.717) is 22.8 Å². The highest BCUT2D eigenvalue weighted by Crippen LogP contribution is 2.40. The van der Waals surface area contributed by atoms with E-state index in [1.54, 1.807) is 11.7 Å². The molecule has 0 atom stereocenters. The molecule has 0 radical (unpaired) electrons. The SMILES string of the molecule is Cc1nn(C)c(NC(=O)C2CCC(C(C)(C)C)CC2)c1N. The molecule has 0 bridgehead atoms. The van der Waals surface area contributed by atoms with Crippen LogP contribution in [0.5, 0.6) is 0 Å². The van der Waals surface area contributed by atoms with Gasteiger partial charge in [-0.3, -0.25) is 9.48 Å². The number of amides is 1. The molecule has 2 rings (SSSR count). The number of nitrogens with one attached hydrogen (secondary N) is 1. The van der Waals surface area contributed by atoms with E-state index in [9.17, 15) is 4.79 Å². The molecule has 3 N–H and O–H groups in total. The number of hydrogen-bond donors (Lipinski definition) is 2. The highest BCUT2D eigenvalue weighted by molar-refractivity contribution is 5.94. The number of carbonyl (C=O) groups is 1. The van der Waals surface area contributed by atoms with E-state index in [2.05, 4.69) is 31.2 Å². The third-order valence-corrected chi connectivity index (χ3v) is 4.83. The first-order chi connectivity index (χ1) is 9.70. The zero-order chi connectivity index (χ0) is 15.8. The molecule has 1 aromatic heterocycles. The van der Waals surface area contributed by atoms with E-state index in [1.165, 1.54) is 0 Å². The summed E-state index contributed by atoms with van der Waals surface area (Å²) in [5.74, 6) is 1.51. The van der Waals surface area contributed by atoms with Crippen molar-refractivity contribution in [2.24, 2.45) is 24.3 Å². The largest absolute Gasteiger partial charge is 0.394 e. The second-order valence-electron chi connectivity index (χ2n) is 7.38. The Kier molecular flexibility index (Phi) is 4.30. The van der Waals surface area contributed by atoms with Gasteiger partial charge in [0, 0.05) is 13.0 Å². The van der Waals surface area contributed by atoms with Crippen molar-refractivity contribution in [1.29, 1.82) is 0 Å². The quantitative estimate of drug-likeness (QED) is 0.879. The minimum absolute atomic E-state index is 0.0806. The van der Waals surface area contributed by atoms with Crippen LogP contribution in [0.1, 0.15) is 52.1 Å². The zero-order valence-electron chi connectivity index (χ0n) is 13.9. The van der Waals surface area contributed by atoms with Crippen LogP contribution in [-0.4, -0.2) is 15.7 Å². The van der Waals surface area contributed by atoms with Crippen LogP contribution in [-0.2, 0) is 11.8 Å². The maximum Gasteiger partial charge on any atom is 0.228 e. The Labute approximate surface area is 127 Å². The summed E-state index contributed by atoms with van der Waals surface area (Å²) in [6.07, 6.45) is 4.18. The van der Waals surface area contributed by atoms with Crippen molar-refractivity contribution in [3.05, 3.63) is 5.69 Å². The molecular formula is C16H28N4O. The number of carbonyl (C=O) groups excluding carboxylic acids is 1. The molecule has 1 heterocycles. The summed E-state index contributed by atoms with van der Waals surface area (Å²) in [6, 6.07) is 0. The number of nitrogen functional groups attached to an aromatic ring is 1. The van der Waals surface area contributed by atoms with Crippen molar-refractivity contribution in [3.63, 3.8) is 0 Å². The lowest BCUT2D eigenvalue weighted by Crippen LogP contribution is -2.32. The van der Waals surface area contributed by atoms with Gasteiger partial charge in [-0.2, -0.15) is 5.10 Å². The highest BCUT2D eigenvalue weighted by atomic mass is 16.2. The third-order valence-electron chi connectivity index (χ3n) is 4.83. The minimum atomic E-state index is 0.0806. The predicted octanol–water partition coefficient (Wildman–Crippen LogP) is 3.10. The average molecular weight is 292 g/mol. The summed E-state index contributed by atoms with van der Waals surface area (Å²) >= 11 is 0. The van der Waals surface area contributed by atoms with E-state index in [-0.39, 0.29) is 11.8 Å². The van der Waals surface area contributed by atoms with Gasteiger partial charge in [0.15, 0.2) is 5.82 Å². The van der Waals surface area contributed by atoms with Crippen LogP contribution in [0.25, 0.3) is 0 Å². The number of nitrogens with two attached hydrogens (primary N) is 1. The van der Waals surface area contributed by atoms with Crippen LogP contribution in [0.15, 0.2) is 0 Å². The standard InChI is InChI=1S/C16H28N4O/c1-10-13(17)14(20(5)19-10)18-15(21)11-6-8-12(9-7-11)16(2,3)4/h11-12H,6-9,17H2,1-5H3,(H,18,21). The van der Waals surface area contributed by atoms with E-state index in [4.69, 9.17) is 5.73 Å². The lowest BCUT2D eigenvalue weighted by atomic mass is 9.69. The van der Waals surface area contributed by atoms with Gasteiger partial charge in [-0.15, -0.1) is 0 Å². The molecule has 1 saturated carbocycles. The molecule has 0 unspecified atom stereocenters. The molecule has 5 heteroatoms. The first-order valence-corrected chi connectivity index (χ1v) is 7.80. The van der Waals surface area contributed by atoms with Crippen LogP contribution in [0, 0.1) is 24.2 Å². The van der Waals surface area contributed by atoms with Gasteiger partial charge in [0.05, 0.1) is 11.4 Å². The first kappa shape index (κ1) is 15.9. The van der Waals surface area contributed by atoms with Crippen molar-refractivity contribution < 1.29 is 4.79 Å². The second-order valence-corrected chi connectivity index (χ2v) is 7.38. The molecule has 0 saturated heterocycles. The fourth-order valence-corrected chi connectivity index (χ4v) is 3.26. The fraction of sp³-hybridized carbons (Fsp3) is 0.750. The Morgan fingerprint density at radius 2 is 1.86 bits per heavy atom. The lowest BCUT2D eigenvalue weighted by molar-refractivity contribution is -0.121. The third kappa shape index (κ3) is 3.39. The molecular weight excluding hydrogens is 264 g/mol. The van der Waals surface area contributed by atoms with Crippen LogP contribution in [0.3, 0.4) is 0 Å². The maximum absolute atomic E-state index is 12.4. The minimum Gasteiger partial charge on any atom is -0.394 e. The van der Waals surface area contributed by atoms with Crippen LogP contribution in [0.2, 0.25) is 0 Å². The number of hydrogen-bond acceptors (Lipinski definition) is 3. The number of nitrogens with zero attached hydrogens (tertiary/aromatic N) is 2. The molecule has 1 aliphatic carbocycles. The van der Waals surface area contributed by atoms with Crippen molar-refractivity contribution in [2.45, 2.75) is 53.4 Å². The van der Waals surface area contributed by atoms with Gasteiger partial charge in [-0.25, -0.2) is 0 Å². The molecule has 118 valence electrons. The Bertz CT molecular complexity index is 519. The second kappa shape index (κ2) is 5.70. The Morgan fingerprint density at radius 1 is 1.29 bits per heavy atom. The molecule has 1 amide bonds. The zero-order valence-corrected chi connectivity index (χ0v) is 13.9. The molecule has 21 heavy (non-hydrogen) atoms. The summed E-state index contributed by atoms with van der Waals surface area (Å²) < 4.78 is 1.64. The van der Waals surface area contributed by atoms with E-state index in [0.717, 1.165) is 31.4 Å². The van der Waals surface area contributed by atoms with Gasteiger partial charge in [0.25, 0.3) is 0 Å². The maximum atomic E-state index is 12.4. The molecule has 1 fully saturated rings. The van der Waals surface area contributed by atoms with Gasteiger partial charge in [-0.05, 0) is 43.9 Å².